The van der Waals surface area contributed by atoms with E-state index in [2.05, 4.69) is 46.4 Å². The van der Waals surface area contributed by atoms with Gasteiger partial charge < -0.3 is 32.3 Å². The largest absolute Gasteiger partial charge is 2.00 e. The van der Waals surface area contributed by atoms with Crippen molar-refractivity contribution in [1.29, 1.82) is 0 Å². The van der Waals surface area contributed by atoms with Crippen molar-refractivity contribution < 1.29 is 24.6 Å². The van der Waals surface area contributed by atoms with E-state index in [1.165, 1.54) is 0 Å². The molecule has 4 aromatic carbocycles. The van der Waals surface area contributed by atoms with E-state index in [9.17, 15) is 5.11 Å². The number of nitrogens with one attached hydrogen (secondary N) is 2. The van der Waals surface area contributed by atoms with Crippen molar-refractivity contribution in [1.82, 2.24) is 19.9 Å². The molecule has 9 N–H and O–H groups in total. The zero-order valence-electron chi connectivity index (χ0n) is 28.6. The van der Waals surface area contributed by atoms with Crippen LogP contribution in [0.5, 0.6) is 5.75 Å². The molecule has 0 unspecified atom stereocenters. The Morgan fingerprint density at radius 2 is 0.604 bits per heavy atom. The molecular weight excluding hydrogens is 708 g/mol. The SMILES string of the molecule is Nc1ccc(-c2c3nc(c(-c4ccc(N)cc4)c4ccc([nH]4)c(-c4ccc(O)cc4)c4nc(c(-c5ccc(N)cc5)c5ccc2[nH]5)C=C4)C=C3)cc1.[Zn+2]. The maximum absolute atomic E-state index is 10.2. The summed E-state index contributed by atoms with van der Waals surface area (Å²) < 4.78 is 0. The van der Waals surface area contributed by atoms with Gasteiger partial charge in [0.2, 0.25) is 0 Å². The van der Waals surface area contributed by atoms with Crippen LogP contribution >= 0.6 is 0 Å². The summed E-state index contributed by atoms with van der Waals surface area (Å²) in [6.07, 6.45) is 8.20. The van der Waals surface area contributed by atoms with Gasteiger partial charge in [0, 0.05) is 61.4 Å². The third-order valence-electron chi connectivity index (χ3n) is 9.51. The molecule has 0 spiro atoms. The Labute approximate surface area is 318 Å². The van der Waals surface area contributed by atoms with E-state index in [0.717, 1.165) is 89.4 Å². The monoisotopic (exact) mass is 739 g/mol. The number of aromatic amines is 2. The minimum atomic E-state index is 0. The van der Waals surface area contributed by atoms with Gasteiger partial charge in [-0.3, -0.25) is 0 Å². The van der Waals surface area contributed by atoms with Gasteiger partial charge in [-0.15, -0.1) is 0 Å². The number of anilines is 3. The molecule has 53 heavy (non-hydrogen) atoms. The van der Waals surface area contributed by atoms with Crippen molar-refractivity contribution >= 4 is 63.4 Å². The Morgan fingerprint density at radius 3 is 0.868 bits per heavy atom. The number of benzene rings is 4. The van der Waals surface area contributed by atoms with Gasteiger partial charge in [-0.2, -0.15) is 0 Å². The third kappa shape index (κ3) is 6.17. The number of fused-ring (bicyclic) bond motifs is 8. The smallest absolute Gasteiger partial charge is 0.508 e. The van der Waals surface area contributed by atoms with Gasteiger partial charge in [-0.25, -0.2) is 9.97 Å². The van der Waals surface area contributed by atoms with Crippen molar-refractivity contribution in [3.05, 3.63) is 144 Å². The number of aromatic hydroxyl groups is 1. The van der Waals surface area contributed by atoms with Gasteiger partial charge in [-0.1, -0.05) is 48.5 Å². The molecule has 8 nitrogen and oxygen atoms in total. The van der Waals surface area contributed by atoms with Crippen LogP contribution in [0.1, 0.15) is 22.8 Å². The number of nitrogens with zero attached hydrogens (tertiary/aromatic N) is 2. The van der Waals surface area contributed by atoms with Crippen molar-refractivity contribution in [2.24, 2.45) is 0 Å². The summed E-state index contributed by atoms with van der Waals surface area (Å²) in [5, 5.41) is 10.2. The molecule has 9 heteroatoms. The summed E-state index contributed by atoms with van der Waals surface area (Å²) in [4.78, 5) is 18.1. The second-order valence-corrected chi connectivity index (χ2v) is 12.9. The zero-order valence-corrected chi connectivity index (χ0v) is 31.6. The van der Waals surface area contributed by atoms with Crippen LogP contribution in [-0.2, 0) is 19.5 Å². The molecule has 0 saturated carbocycles. The number of phenols is 1. The maximum atomic E-state index is 10.2. The predicted octanol–water partition coefficient (Wildman–Crippen LogP) is 9.77. The van der Waals surface area contributed by atoms with E-state index >= 15 is 0 Å². The molecular formula is C44H33N7OZn+2. The van der Waals surface area contributed by atoms with Gasteiger partial charge >= 0.3 is 19.5 Å². The average Bonchev–Trinajstić information content (AvgIpc) is 3.99. The summed E-state index contributed by atoms with van der Waals surface area (Å²) >= 11 is 0. The fourth-order valence-electron chi connectivity index (χ4n) is 7.00. The molecule has 9 rings (SSSR count). The maximum Gasteiger partial charge on any atom is 2.00 e. The molecule has 0 amide bonds. The van der Waals surface area contributed by atoms with E-state index in [1.807, 2.05) is 97.1 Å². The second kappa shape index (κ2) is 13.5. The number of nitrogens with two attached hydrogens (primary N) is 3. The molecule has 0 atom stereocenters. The number of nitrogen functional groups attached to an aromatic ring is 3. The van der Waals surface area contributed by atoms with Crippen molar-refractivity contribution in [3.8, 4) is 50.3 Å². The summed E-state index contributed by atoms with van der Waals surface area (Å²) in [6.45, 7) is 0. The number of rotatable bonds is 4. The first-order valence-electron chi connectivity index (χ1n) is 16.9. The van der Waals surface area contributed by atoms with Crippen LogP contribution in [0, 0.1) is 0 Å². The van der Waals surface area contributed by atoms with Crippen LogP contribution < -0.4 is 17.2 Å². The van der Waals surface area contributed by atoms with Gasteiger partial charge in [0.25, 0.3) is 0 Å². The predicted molar refractivity (Wildman–Crippen MR) is 216 cm³/mol. The Morgan fingerprint density at radius 1 is 0.358 bits per heavy atom. The first kappa shape index (κ1) is 33.4. The molecule has 5 heterocycles. The van der Waals surface area contributed by atoms with Crippen LogP contribution in [0.4, 0.5) is 17.1 Å². The van der Waals surface area contributed by atoms with E-state index in [0.29, 0.717) is 17.1 Å². The van der Waals surface area contributed by atoms with Crippen molar-refractivity contribution in [2.45, 2.75) is 0 Å². The number of H-pyrrole nitrogens is 2. The molecule has 8 bridgehead atoms. The third-order valence-corrected chi connectivity index (χ3v) is 9.51. The van der Waals surface area contributed by atoms with Gasteiger partial charge in [0.05, 0.1) is 22.8 Å². The summed E-state index contributed by atoms with van der Waals surface area (Å²) in [5.41, 5.74) is 34.6. The van der Waals surface area contributed by atoms with Crippen LogP contribution in [0.2, 0.25) is 0 Å². The van der Waals surface area contributed by atoms with Crippen LogP contribution in [0.25, 0.3) is 90.9 Å². The van der Waals surface area contributed by atoms with E-state index in [1.54, 1.807) is 12.1 Å². The number of aromatic nitrogens is 4. The zero-order chi connectivity index (χ0) is 35.3. The molecule has 0 fully saturated rings. The molecule has 7 aromatic rings. The minimum absolute atomic E-state index is 0. The normalized spacial score (nSPS) is 11.8. The Bertz CT molecular complexity index is 2370. The van der Waals surface area contributed by atoms with Crippen LogP contribution in [0.15, 0.2) is 121 Å². The fraction of sp³-hybridized carbons (Fsp3) is 0. The fourth-order valence-corrected chi connectivity index (χ4v) is 7.00. The summed E-state index contributed by atoms with van der Waals surface area (Å²) in [5.74, 6) is 0.189. The van der Waals surface area contributed by atoms with Crippen molar-refractivity contribution in [3.63, 3.8) is 0 Å². The molecule has 2 aliphatic rings. The average molecular weight is 741 g/mol. The van der Waals surface area contributed by atoms with E-state index < -0.39 is 0 Å². The van der Waals surface area contributed by atoms with E-state index in [-0.39, 0.29) is 25.2 Å². The number of hydrogen-bond acceptors (Lipinski definition) is 6. The van der Waals surface area contributed by atoms with Gasteiger partial charge in [0.15, 0.2) is 0 Å². The van der Waals surface area contributed by atoms with E-state index in [4.69, 9.17) is 27.2 Å². The molecule has 250 valence electrons. The molecule has 0 aliphatic carbocycles. The molecule has 2 aliphatic heterocycles. The Kier molecular flexibility index (Phi) is 8.49. The quantitative estimate of drug-likeness (QED) is 0.0780. The molecule has 0 radical (unpaired) electrons. The first-order valence-corrected chi connectivity index (χ1v) is 16.9. The van der Waals surface area contributed by atoms with Gasteiger partial charge in [0.1, 0.15) is 5.75 Å². The van der Waals surface area contributed by atoms with Crippen molar-refractivity contribution in [2.75, 3.05) is 17.2 Å². The number of hydrogen-bond donors (Lipinski definition) is 6. The summed E-state index contributed by atoms with van der Waals surface area (Å²) in [7, 11) is 0. The summed E-state index contributed by atoms with van der Waals surface area (Å²) in [6, 6.07) is 39.1. The van der Waals surface area contributed by atoms with Crippen LogP contribution in [-0.4, -0.2) is 25.0 Å². The van der Waals surface area contributed by atoms with Gasteiger partial charge in [-0.05, 0) is 119 Å². The Balaban J connectivity index is 0.00000400. The molecule has 3 aromatic heterocycles. The Hall–Kier alpha value is -6.70. The first-order chi connectivity index (χ1) is 25.4. The topological polar surface area (TPSA) is 156 Å². The minimum Gasteiger partial charge on any atom is -0.508 e. The molecule has 0 saturated heterocycles. The van der Waals surface area contributed by atoms with Crippen LogP contribution in [0.3, 0.4) is 0 Å². The second-order valence-electron chi connectivity index (χ2n) is 12.9. The standard InChI is InChI=1S/C44H33N7O.Zn/c45-29-9-1-25(2-10-29)41-33-17-19-35(48-33)42(26-3-11-30(46)12-4-26)37-21-23-39(50-37)44(28-7-15-32(52)16-8-28)40-24-22-38(51-40)43(36-20-18-34(41)49-36)27-5-13-31(47)14-6-27;/h1-24,48,51-52H,45-47H2;/q;+2. The number of phenolic OH excluding ortho intramolecular Hbond substituents is 1.